The Labute approximate surface area is 92.7 Å². The summed E-state index contributed by atoms with van der Waals surface area (Å²) >= 11 is 1.72. The molecule has 0 aromatic carbocycles. The fourth-order valence-corrected chi connectivity index (χ4v) is 2.93. The molecule has 2 fully saturated rings. The molecular formula is C10H14O4S. The molecule has 0 radical (unpaired) electrons. The third kappa shape index (κ3) is 1.49. The normalized spacial score (nSPS) is 37.6. The number of carbonyl (C=O) groups excluding carboxylic acids is 2. The van der Waals surface area contributed by atoms with Gasteiger partial charge in [-0.05, 0) is 12.2 Å². The zero-order valence-corrected chi connectivity index (χ0v) is 9.63. The molecule has 0 bridgehead atoms. The van der Waals surface area contributed by atoms with Crippen molar-refractivity contribution < 1.29 is 19.1 Å². The number of hydrogen-bond acceptors (Lipinski definition) is 5. The van der Waals surface area contributed by atoms with E-state index in [0.717, 1.165) is 11.5 Å². The number of esters is 1. The van der Waals surface area contributed by atoms with Crippen LogP contribution in [0.2, 0.25) is 0 Å². The van der Waals surface area contributed by atoms with Crippen molar-refractivity contribution in [2.24, 2.45) is 5.92 Å². The maximum absolute atomic E-state index is 11.9. The van der Waals surface area contributed by atoms with Crippen molar-refractivity contribution in [3.63, 3.8) is 0 Å². The number of Topliss-reactive ketones (excluding diaryl/α,β-unsaturated/α-hetero) is 1. The van der Waals surface area contributed by atoms with Gasteiger partial charge in [-0.2, -0.15) is 11.8 Å². The Morgan fingerprint density at radius 3 is 3.07 bits per heavy atom. The van der Waals surface area contributed by atoms with Crippen molar-refractivity contribution in [1.29, 1.82) is 0 Å². The number of methoxy groups -OCH3 is 1. The molecule has 2 rings (SSSR count). The fourth-order valence-electron chi connectivity index (χ4n) is 2.13. The van der Waals surface area contributed by atoms with Gasteiger partial charge in [0.15, 0.2) is 5.78 Å². The molecule has 0 aromatic heterocycles. The quantitative estimate of drug-likeness (QED) is 0.403. The molecule has 1 saturated heterocycles. The monoisotopic (exact) mass is 230 g/mol. The second kappa shape index (κ2) is 3.79. The van der Waals surface area contributed by atoms with Crippen LogP contribution in [0.15, 0.2) is 0 Å². The van der Waals surface area contributed by atoms with Crippen LogP contribution in [0.1, 0.15) is 13.3 Å². The molecule has 5 heteroatoms. The fraction of sp³-hybridized carbons (Fsp3) is 0.800. The lowest BCUT2D eigenvalue weighted by atomic mass is 10.0. The Hall–Kier alpha value is -0.550. The highest BCUT2D eigenvalue weighted by Crippen LogP contribution is 2.51. The van der Waals surface area contributed by atoms with Crippen LogP contribution in [0.4, 0.5) is 0 Å². The third-order valence-electron chi connectivity index (χ3n) is 2.97. The molecule has 1 heterocycles. The van der Waals surface area contributed by atoms with Gasteiger partial charge < -0.3 is 9.47 Å². The van der Waals surface area contributed by atoms with Gasteiger partial charge in [-0.3, -0.25) is 4.79 Å². The lowest BCUT2D eigenvalue weighted by molar-refractivity contribution is -0.151. The average molecular weight is 230 g/mol. The van der Waals surface area contributed by atoms with Gasteiger partial charge in [-0.1, -0.05) is 6.92 Å². The number of rotatable bonds is 4. The first-order valence-electron chi connectivity index (χ1n) is 5.05. The standard InChI is InChI=1S/C10H14O4S/c1-3-15-5-6-4-7-10(14-7,8(6)11)9(12)13-2/h6-7H,3-5H2,1-2H3. The second-order valence-corrected chi connectivity index (χ2v) is 5.11. The number of fused-ring (bicyclic) bond motifs is 1. The molecule has 0 amide bonds. The van der Waals surface area contributed by atoms with Gasteiger partial charge in [-0.15, -0.1) is 0 Å². The van der Waals surface area contributed by atoms with Crippen molar-refractivity contribution in [3.8, 4) is 0 Å². The molecule has 0 N–H and O–H groups in total. The van der Waals surface area contributed by atoms with Crippen LogP contribution in [0.25, 0.3) is 0 Å². The Kier molecular flexibility index (Phi) is 2.77. The van der Waals surface area contributed by atoms with Crippen molar-refractivity contribution in [3.05, 3.63) is 0 Å². The van der Waals surface area contributed by atoms with E-state index in [1.165, 1.54) is 7.11 Å². The van der Waals surface area contributed by atoms with Crippen LogP contribution >= 0.6 is 11.8 Å². The van der Waals surface area contributed by atoms with Gasteiger partial charge in [0.2, 0.25) is 0 Å². The minimum atomic E-state index is -1.21. The summed E-state index contributed by atoms with van der Waals surface area (Å²) in [6.07, 6.45) is 0.445. The molecular weight excluding hydrogens is 216 g/mol. The minimum absolute atomic E-state index is 0.0344. The zero-order valence-electron chi connectivity index (χ0n) is 8.82. The summed E-state index contributed by atoms with van der Waals surface area (Å²) in [6, 6.07) is 0. The van der Waals surface area contributed by atoms with E-state index in [-0.39, 0.29) is 17.8 Å². The summed E-state index contributed by atoms with van der Waals surface area (Å²) in [7, 11) is 1.29. The molecule has 15 heavy (non-hydrogen) atoms. The van der Waals surface area contributed by atoms with Crippen LogP contribution in [0.5, 0.6) is 0 Å². The molecule has 3 atom stereocenters. The number of ketones is 1. The highest BCUT2D eigenvalue weighted by atomic mass is 32.2. The largest absolute Gasteiger partial charge is 0.466 e. The number of thioether (sulfide) groups is 1. The van der Waals surface area contributed by atoms with Gasteiger partial charge in [-0.25, -0.2) is 4.79 Å². The number of hydrogen-bond donors (Lipinski definition) is 0. The highest BCUT2D eigenvalue weighted by molar-refractivity contribution is 7.99. The lowest BCUT2D eigenvalue weighted by Gasteiger charge is -2.11. The summed E-state index contributed by atoms with van der Waals surface area (Å²) < 4.78 is 9.79. The number of epoxide rings is 1. The molecule has 1 aliphatic carbocycles. The first-order chi connectivity index (χ1) is 7.16. The van der Waals surface area contributed by atoms with Crippen molar-refractivity contribution >= 4 is 23.5 Å². The van der Waals surface area contributed by atoms with Gasteiger partial charge in [0.1, 0.15) is 6.10 Å². The molecule has 1 saturated carbocycles. The predicted octanol–water partition coefficient (Wildman–Crippen LogP) is 0.639. The van der Waals surface area contributed by atoms with E-state index in [0.29, 0.717) is 6.42 Å². The SMILES string of the molecule is CCSCC1CC2OC2(C(=O)OC)C1=O. The Morgan fingerprint density at radius 2 is 2.47 bits per heavy atom. The second-order valence-electron chi connectivity index (χ2n) is 3.79. The van der Waals surface area contributed by atoms with E-state index < -0.39 is 11.6 Å². The molecule has 4 nitrogen and oxygen atoms in total. The molecule has 84 valence electrons. The first-order valence-corrected chi connectivity index (χ1v) is 6.20. The van der Waals surface area contributed by atoms with E-state index in [9.17, 15) is 9.59 Å². The predicted molar refractivity (Wildman–Crippen MR) is 55.7 cm³/mol. The summed E-state index contributed by atoms with van der Waals surface area (Å²) in [5.41, 5.74) is -1.21. The Morgan fingerprint density at radius 1 is 1.73 bits per heavy atom. The van der Waals surface area contributed by atoms with Crippen LogP contribution < -0.4 is 0 Å². The molecule has 0 spiro atoms. The van der Waals surface area contributed by atoms with E-state index in [1.807, 2.05) is 0 Å². The summed E-state index contributed by atoms with van der Waals surface area (Å²) in [4.78, 5) is 23.4. The number of carbonyl (C=O) groups is 2. The smallest absolute Gasteiger partial charge is 0.348 e. The van der Waals surface area contributed by atoms with Crippen LogP contribution in [-0.2, 0) is 19.1 Å². The number of ether oxygens (including phenoxy) is 2. The van der Waals surface area contributed by atoms with Gasteiger partial charge in [0, 0.05) is 11.7 Å². The lowest BCUT2D eigenvalue weighted by Crippen LogP contribution is -2.36. The minimum Gasteiger partial charge on any atom is -0.466 e. The molecule has 1 aliphatic heterocycles. The van der Waals surface area contributed by atoms with E-state index >= 15 is 0 Å². The van der Waals surface area contributed by atoms with Crippen molar-refractivity contribution in [1.82, 2.24) is 0 Å². The molecule has 0 aromatic rings. The van der Waals surface area contributed by atoms with Crippen LogP contribution in [0, 0.1) is 5.92 Å². The summed E-state index contributed by atoms with van der Waals surface area (Å²) in [5.74, 6) is 1.13. The average Bonchev–Trinajstić information content (AvgIpc) is 2.91. The zero-order chi connectivity index (χ0) is 11.1. The first kappa shape index (κ1) is 11.0. The van der Waals surface area contributed by atoms with Crippen molar-refractivity contribution in [2.75, 3.05) is 18.6 Å². The topological polar surface area (TPSA) is 55.9 Å². The molecule has 3 unspecified atom stereocenters. The molecule has 2 aliphatic rings. The third-order valence-corrected chi connectivity index (χ3v) is 4.02. The van der Waals surface area contributed by atoms with Gasteiger partial charge in [0.05, 0.1) is 7.11 Å². The van der Waals surface area contributed by atoms with Gasteiger partial charge >= 0.3 is 5.97 Å². The van der Waals surface area contributed by atoms with E-state index in [4.69, 9.17) is 4.74 Å². The van der Waals surface area contributed by atoms with Crippen LogP contribution in [0.3, 0.4) is 0 Å². The van der Waals surface area contributed by atoms with Crippen LogP contribution in [-0.4, -0.2) is 42.1 Å². The van der Waals surface area contributed by atoms with Crippen molar-refractivity contribution in [2.45, 2.75) is 25.0 Å². The maximum Gasteiger partial charge on any atom is 0.348 e. The maximum atomic E-state index is 11.9. The Bertz CT molecular complexity index is 304. The summed E-state index contributed by atoms with van der Waals surface area (Å²) in [5, 5.41) is 0. The van der Waals surface area contributed by atoms with Gasteiger partial charge in [0.25, 0.3) is 5.60 Å². The highest BCUT2D eigenvalue weighted by Gasteiger charge is 2.74. The Balaban J connectivity index is 2.03. The van der Waals surface area contributed by atoms with E-state index in [2.05, 4.69) is 11.7 Å². The summed E-state index contributed by atoms with van der Waals surface area (Å²) in [6.45, 7) is 2.05. The van der Waals surface area contributed by atoms with E-state index in [1.54, 1.807) is 11.8 Å².